The summed E-state index contributed by atoms with van der Waals surface area (Å²) < 4.78 is 16.3. The molecule has 0 bridgehead atoms. The molecular formula is C27H38FN3. The van der Waals surface area contributed by atoms with Crippen LogP contribution in [0, 0.1) is 17.2 Å². The number of aromatic nitrogens is 3. The Hall–Kier alpha value is -2.49. The lowest BCUT2D eigenvalue weighted by molar-refractivity contribution is 0.408. The zero-order chi connectivity index (χ0) is 23.2. The standard InChI is InChI=1S/C19H18FN3.C6H14.C2H6/c1-19(2,3)11-14-18-17(22-15-9-4-5-10-23(15)18)12-7-6-8-13(20)16(12)21-14;1-4-6(3)5-2;1-2/h4-10H,11H2,1-3H3;6H,4-5H2,1-3H3;1-2H3. The number of imidazole rings is 1. The van der Waals surface area contributed by atoms with Crippen LogP contribution in [0.15, 0.2) is 42.6 Å². The van der Waals surface area contributed by atoms with Gasteiger partial charge in [-0.25, -0.2) is 14.4 Å². The van der Waals surface area contributed by atoms with Gasteiger partial charge in [-0.05, 0) is 36.0 Å². The second-order valence-electron chi connectivity index (χ2n) is 9.09. The van der Waals surface area contributed by atoms with E-state index >= 15 is 0 Å². The zero-order valence-corrected chi connectivity index (χ0v) is 20.5. The molecule has 0 saturated heterocycles. The third kappa shape index (κ3) is 5.81. The highest BCUT2D eigenvalue weighted by molar-refractivity contribution is 6.04. The molecule has 0 aliphatic carbocycles. The van der Waals surface area contributed by atoms with E-state index in [-0.39, 0.29) is 11.2 Å². The molecule has 0 amide bonds. The van der Waals surface area contributed by atoms with E-state index in [9.17, 15) is 4.39 Å². The summed E-state index contributed by atoms with van der Waals surface area (Å²) in [7, 11) is 0. The van der Waals surface area contributed by atoms with Gasteiger partial charge in [0.05, 0.1) is 11.2 Å². The highest BCUT2D eigenvalue weighted by Gasteiger charge is 2.20. The molecule has 3 heterocycles. The Labute approximate surface area is 186 Å². The van der Waals surface area contributed by atoms with Crippen LogP contribution in [0.3, 0.4) is 0 Å². The van der Waals surface area contributed by atoms with E-state index in [1.54, 1.807) is 6.07 Å². The third-order valence-corrected chi connectivity index (χ3v) is 5.38. The molecule has 168 valence electrons. The average Bonchev–Trinajstić information content (AvgIpc) is 3.15. The van der Waals surface area contributed by atoms with Gasteiger partial charge in [0.25, 0.3) is 0 Å². The van der Waals surface area contributed by atoms with Gasteiger partial charge in [0.1, 0.15) is 22.5 Å². The molecular weight excluding hydrogens is 385 g/mol. The van der Waals surface area contributed by atoms with Crippen molar-refractivity contribution in [3.8, 4) is 0 Å². The summed E-state index contributed by atoms with van der Waals surface area (Å²) in [5, 5.41) is 0.765. The number of nitrogens with zero attached hydrogens (tertiary/aromatic N) is 3. The average molecular weight is 424 g/mol. The van der Waals surface area contributed by atoms with Gasteiger partial charge >= 0.3 is 0 Å². The summed E-state index contributed by atoms with van der Waals surface area (Å²) >= 11 is 0. The van der Waals surface area contributed by atoms with Crippen LogP contribution >= 0.6 is 0 Å². The van der Waals surface area contributed by atoms with Crippen LogP contribution in [-0.2, 0) is 6.42 Å². The minimum Gasteiger partial charge on any atom is -0.298 e. The number of fused-ring (bicyclic) bond motifs is 5. The number of pyridine rings is 2. The minimum atomic E-state index is -0.295. The van der Waals surface area contributed by atoms with Crippen LogP contribution in [0.5, 0.6) is 0 Å². The molecule has 0 aliphatic rings. The first-order valence-corrected chi connectivity index (χ1v) is 11.6. The Morgan fingerprint density at radius 2 is 1.61 bits per heavy atom. The van der Waals surface area contributed by atoms with E-state index < -0.39 is 0 Å². The Balaban J connectivity index is 0.000000372. The van der Waals surface area contributed by atoms with E-state index in [4.69, 9.17) is 4.98 Å². The van der Waals surface area contributed by atoms with Gasteiger partial charge < -0.3 is 0 Å². The SMILES string of the molecule is CC.CC(C)(C)Cc1nc2c(F)cccc2c2nc3ccccn3c12.CCC(C)CC. The molecule has 0 aliphatic heterocycles. The normalized spacial score (nSPS) is 11.4. The van der Waals surface area contributed by atoms with Crippen molar-refractivity contribution in [3.63, 3.8) is 0 Å². The highest BCUT2D eigenvalue weighted by atomic mass is 19.1. The van der Waals surface area contributed by atoms with Crippen molar-refractivity contribution in [1.29, 1.82) is 0 Å². The molecule has 0 atom stereocenters. The maximum absolute atomic E-state index is 14.3. The molecule has 0 unspecified atom stereocenters. The van der Waals surface area contributed by atoms with E-state index in [2.05, 4.69) is 46.5 Å². The zero-order valence-electron chi connectivity index (χ0n) is 20.5. The lowest BCUT2D eigenvalue weighted by Gasteiger charge is -2.18. The van der Waals surface area contributed by atoms with Crippen molar-refractivity contribution in [2.75, 3.05) is 0 Å². The van der Waals surface area contributed by atoms with Gasteiger partial charge in [-0.15, -0.1) is 0 Å². The van der Waals surface area contributed by atoms with Crippen molar-refractivity contribution < 1.29 is 4.39 Å². The van der Waals surface area contributed by atoms with Crippen molar-refractivity contribution in [2.24, 2.45) is 11.3 Å². The van der Waals surface area contributed by atoms with Crippen LogP contribution in [0.2, 0.25) is 0 Å². The predicted octanol–water partition coefficient (Wildman–Crippen LogP) is 8.23. The van der Waals surface area contributed by atoms with Gasteiger partial charge in [0.2, 0.25) is 0 Å². The van der Waals surface area contributed by atoms with Gasteiger partial charge in [0, 0.05) is 11.6 Å². The van der Waals surface area contributed by atoms with Crippen molar-refractivity contribution in [3.05, 3.63) is 54.1 Å². The predicted molar refractivity (Wildman–Crippen MR) is 132 cm³/mol. The number of rotatable bonds is 3. The second-order valence-corrected chi connectivity index (χ2v) is 9.09. The molecule has 3 nitrogen and oxygen atoms in total. The Kier molecular flexibility index (Phi) is 8.55. The smallest absolute Gasteiger partial charge is 0.149 e. The minimum absolute atomic E-state index is 0.0534. The molecule has 3 aromatic heterocycles. The third-order valence-electron chi connectivity index (χ3n) is 5.38. The summed E-state index contributed by atoms with van der Waals surface area (Å²) in [6.45, 7) is 17.2. The maximum Gasteiger partial charge on any atom is 0.149 e. The van der Waals surface area contributed by atoms with E-state index in [1.807, 2.05) is 48.7 Å². The lowest BCUT2D eigenvalue weighted by atomic mass is 9.89. The van der Waals surface area contributed by atoms with E-state index in [0.717, 1.165) is 40.1 Å². The monoisotopic (exact) mass is 423 g/mol. The first-order valence-electron chi connectivity index (χ1n) is 11.6. The Bertz CT molecular complexity index is 1120. The summed E-state index contributed by atoms with van der Waals surface area (Å²) in [5.74, 6) is 0.640. The van der Waals surface area contributed by atoms with Crippen molar-refractivity contribution >= 4 is 27.6 Å². The van der Waals surface area contributed by atoms with E-state index in [0.29, 0.717) is 5.52 Å². The Morgan fingerprint density at radius 3 is 2.19 bits per heavy atom. The second kappa shape index (κ2) is 10.7. The highest BCUT2D eigenvalue weighted by Crippen LogP contribution is 2.31. The largest absolute Gasteiger partial charge is 0.298 e. The van der Waals surface area contributed by atoms with E-state index in [1.165, 1.54) is 18.9 Å². The molecule has 0 radical (unpaired) electrons. The Morgan fingerprint density at radius 1 is 0.935 bits per heavy atom. The van der Waals surface area contributed by atoms with Crippen molar-refractivity contribution in [1.82, 2.24) is 14.4 Å². The summed E-state index contributed by atoms with van der Waals surface area (Å²) in [6.07, 6.45) is 5.41. The van der Waals surface area contributed by atoms with Crippen LogP contribution in [0.1, 0.15) is 73.9 Å². The number of para-hydroxylation sites is 1. The van der Waals surface area contributed by atoms with Crippen LogP contribution in [0.25, 0.3) is 27.6 Å². The van der Waals surface area contributed by atoms with Gasteiger partial charge in [-0.3, -0.25) is 4.40 Å². The van der Waals surface area contributed by atoms with Crippen molar-refractivity contribution in [2.45, 2.75) is 74.7 Å². The first kappa shape index (κ1) is 24.8. The molecule has 0 saturated carbocycles. The fourth-order valence-corrected chi connectivity index (χ4v) is 3.38. The molecule has 4 aromatic rings. The maximum atomic E-state index is 14.3. The summed E-state index contributed by atoms with van der Waals surface area (Å²) in [5.41, 5.74) is 4.01. The molecule has 31 heavy (non-hydrogen) atoms. The molecule has 4 rings (SSSR count). The quantitative estimate of drug-likeness (QED) is 0.332. The first-order chi connectivity index (χ1) is 14.7. The van der Waals surface area contributed by atoms with Gasteiger partial charge in [-0.2, -0.15) is 0 Å². The van der Waals surface area contributed by atoms with Gasteiger partial charge in [0.15, 0.2) is 0 Å². The lowest BCUT2D eigenvalue weighted by Crippen LogP contribution is -2.11. The fraction of sp³-hybridized carbons (Fsp3) is 0.481. The van der Waals surface area contributed by atoms with Crippen LogP contribution in [-0.4, -0.2) is 14.4 Å². The molecule has 4 heteroatoms. The number of halogens is 1. The molecule has 0 N–H and O–H groups in total. The number of hydrogen-bond donors (Lipinski definition) is 0. The van der Waals surface area contributed by atoms with Crippen LogP contribution < -0.4 is 0 Å². The molecule has 1 aromatic carbocycles. The number of benzene rings is 1. The summed E-state index contributed by atoms with van der Waals surface area (Å²) in [6, 6.07) is 11.0. The molecule has 0 spiro atoms. The summed E-state index contributed by atoms with van der Waals surface area (Å²) in [4.78, 5) is 9.41. The topological polar surface area (TPSA) is 30.2 Å². The number of hydrogen-bond acceptors (Lipinski definition) is 2. The fourth-order valence-electron chi connectivity index (χ4n) is 3.38. The van der Waals surface area contributed by atoms with Crippen LogP contribution in [0.4, 0.5) is 4.39 Å². The van der Waals surface area contributed by atoms with Gasteiger partial charge in [-0.1, -0.05) is 86.4 Å². The molecule has 0 fully saturated rings.